The number of hydrogen-bond donors (Lipinski definition) is 4. The fourth-order valence-corrected chi connectivity index (χ4v) is 3.12. The van der Waals surface area contributed by atoms with Crippen LogP contribution in [0.25, 0.3) is 0 Å². The van der Waals surface area contributed by atoms with E-state index in [1.165, 1.54) is 12.1 Å². The van der Waals surface area contributed by atoms with E-state index in [2.05, 4.69) is 10.3 Å². The summed E-state index contributed by atoms with van der Waals surface area (Å²) >= 11 is 0. The first-order valence-corrected chi connectivity index (χ1v) is 9.15. The molecule has 1 heterocycles. The van der Waals surface area contributed by atoms with Crippen LogP contribution in [-0.4, -0.2) is 17.7 Å². The molecule has 1 unspecified atom stereocenters. The van der Waals surface area contributed by atoms with Crippen LogP contribution in [0.2, 0.25) is 0 Å². The lowest BCUT2D eigenvalue weighted by Gasteiger charge is -2.19. The van der Waals surface area contributed by atoms with Gasteiger partial charge in [-0.2, -0.15) is 0 Å². The standard InChI is InChI=1S/C22H24FN5O/c1-12-11-28-22(26)19(21(12)27-3)20(25)15-6-9-17(24)18(10-15)29-13(2)14-4-7-16(23)8-5-14/h4-11,13,25H,24H2,1-3H3,(H3,26,27,28). The Morgan fingerprint density at radius 1 is 1.17 bits per heavy atom. The number of aromatic nitrogens is 1. The molecule has 0 amide bonds. The smallest absolute Gasteiger partial charge is 0.143 e. The lowest BCUT2D eigenvalue weighted by molar-refractivity contribution is 0.228. The molecule has 3 rings (SSSR count). The van der Waals surface area contributed by atoms with Crippen molar-refractivity contribution in [1.82, 2.24) is 4.98 Å². The minimum Gasteiger partial charge on any atom is -0.484 e. The molecule has 1 aromatic heterocycles. The number of nitrogens with two attached hydrogens (primary N) is 2. The maximum atomic E-state index is 13.2. The van der Waals surface area contributed by atoms with Gasteiger partial charge in [0, 0.05) is 18.8 Å². The highest BCUT2D eigenvalue weighted by Crippen LogP contribution is 2.32. The van der Waals surface area contributed by atoms with E-state index in [9.17, 15) is 4.39 Å². The second kappa shape index (κ2) is 8.18. The van der Waals surface area contributed by atoms with E-state index in [1.54, 1.807) is 43.6 Å². The molecule has 29 heavy (non-hydrogen) atoms. The van der Waals surface area contributed by atoms with Crippen LogP contribution < -0.4 is 21.5 Å². The van der Waals surface area contributed by atoms with E-state index in [0.29, 0.717) is 22.6 Å². The van der Waals surface area contributed by atoms with Gasteiger partial charge in [0.15, 0.2) is 0 Å². The van der Waals surface area contributed by atoms with Gasteiger partial charge in [0.25, 0.3) is 0 Å². The van der Waals surface area contributed by atoms with Crippen molar-refractivity contribution in [2.75, 3.05) is 23.8 Å². The Hall–Kier alpha value is -3.61. The Bertz CT molecular complexity index is 1050. The largest absolute Gasteiger partial charge is 0.484 e. The monoisotopic (exact) mass is 393 g/mol. The number of halogens is 1. The van der Waals surface area contributed by atoms with Crippen molar-refractivity contribution in [2.24, 2.45) is 0 Å². The Labute approximate surface area is 169 Å². The van der Waals surface area contributed by atoms with Crippen molar-refractivity contribution in [2.45, 2.75) is 20.0 Å². The molecular formula is C22H24FN5O. The number of anilines is 3. The molecule has 0 saturated heterocycles. The minimum absolute atomic E-state index is 0.210. The van der Waals surface area contributed by atoms with Crippen molar-refractivity contribution in [3.05, 3.63) is 76.7 Å². The summed E-state index contributed by atoms with van der Waals surface area (Å²) in [5, 5.41) is 11.8. The van der Waals surface area contributed by atoms with E-state index >= 15 is 0 Å². The number of nitrogens with zero attached hydrogens (tertiary/aromatic N) is 1. The highest BCUT2D eigenvalue weighted by atomic mass is 19.1. The zero-order valence-electron chi connectivity index (χ0n) is 16.6. The molecule has 7 heteroatoms. The molecule has 0 bridgehead atoms. The van der Waals surface area contributed by atoms with Crippen molar-refractivity contribution in [3.8, 4) is 5.75 Å². The van der Waals surface area contributed by atoms with Gasteiger partial charge in [-0.3, -0.25) is 5.41 Å². The molecule has 0 radical (unpaired) electrons. The Morgan fingerprint density at radius 2 is 1.86 bits per heavy atom. The molecule has 0 aliphatic heterocycles. The number of rotatable bonds is 6. The second-order valence-corrected chi connectivity index (χ2v) is 6.77. The highest BCUT2D eigenvalue weighted by molar-refractivity contribution is 6.17. The van der Waals surface area contributed by atoms with Gasteiger partial charge < -0.3 is 21.5 Å². The summed E-state index contributed by atoms with van der Waals surface area (Å²) in [6, 6.07) is 11.2. The number of nitrogens with one attached hydrogen (secondary N) is 2. The van der Waals surface area contributed by atoms with Gasteiger partial charge >= 0.3 is 0 Å². The fraction of sp³-hybridized carbons (Fsp3) is 0.182. The van der Waals surface area contributed by atoms with Crippen molar-refractivity contribution in [3.63, 3.8) is 0 Å². The Kier molecular flexibility index (Phi) is 5.68. The molecule has 6 nitrogen and oxygen atoms in total. The molecule has 1 atom stereocenters. The maximum absolute atomic E-state index is 13.2. The first-order chi connectivity index (χ1) is 13.8. The predicted octanol–water partition coefficient (Wildman–Crippen LogP) is 4.29. The summed E-state index contributed by atoms with van der Waals surface area (Å²) in [5.41, 5.74) is 16.4. The number of aryl methyl sites for hydroxylation is 1. The molecule has 6 N–H and O–H groups in total. The Morgan fingerprint density at radius 3 is 2.52 bits per heavy atom. The topological polar surface area (TPSA) is 110 Å². The van der Waals surface area contributed by atoms with Crippen molar-refractivity contribution in [1.29, 1.82) is 5.41 Å². The summed E-state index contributed by atoms with van der Waals surface area (Å²) < 4.78 is 19.2. The van der Waals surface area contributed by atoms with Crippen LogP contribution in [0.15, 0.2) is 48.7 Å². The van der Waals surface area contributed by atoms with Gasteiger partial charge in [-0.1, -0.05) is 18.2 Å². The van der Waals surface area contributed by atoms with E-state index in [-0.39, 0.29) is 23.5 Å². The van der Waals surface area contributed by atoms with Gasteiger partial charge in [-0.15, -0.1) is 0 Å². The zero-order valence-corrected chi connectivity index (χ0v) is 16.6. The first-order valence-electron chi connectivity index (χ1n) is 9.15. The lowest BCUT2D eigenvalue weighted by atomic mass is 9.99. The summed E-state index contributed by atoms with van der Waals surface area (Å²) in [7, 11) is 1.78. The number of ether oxygens (including phenoxy) is 1. The van der Waals surface area contributed by atoms with Crippen LogP contribution in [-0.2, 0) is 0 Å². The van der Waals surface area contributed by atoms with Crippen molar-refractivity contribution < 1.29 is 9.13 Å². The third-order valence-corrected chi connectivity index (χ3v) is 4.74. The van der Waals surface area contributed by atoms with Gasteiger partial charge in [0.05, 0.1) is 22.6 Å². The normalized spacial score (nSPS) is 11.7. The third kappa shape index (κ3) is 4.13. The van der Waals surface area contributed by atoms with E-state index < -0.39 is 0 Å². The lowest BCUT2D eigenvalue weighted by Crippen LogP contribution is -2.13. The highest BCUT2D eigenvalue weighted by Gasteiger charge is 2.18. The van der Waals surface area contributed by atoms with Crippen LogP contribution in [0.5, 0.6) is 5.75 Å². The fourth-order valence-electron chi connectivity index (χ4n) is 3.12. The van der Waals surface area contributed by atoms with Crippen molar-refractivity contribution >= 4 is 22.9 Å². The van der Waals surface area contributed by atoms with Gasteiger partial charge in [0.1, 0.15) is 23.5 Å². The molecule has 0 spiro atoms. The van der Waals surface area contributed by atoms with Crippen LogP contribution in [0.3, 0.4) is 0 Å². The first kappa shape index (κ1) is 20.1. The van der Waals surface area contributed by atoms with E-state index in [1.807, 2.05) is 13.8 Å². The zero-order chi connectivity index (χ0) is 21.1. The van der Waals surface area contributed by atoms with Gasteiger partial charge in [-0.05, 0) is 49.2 Å². The molecule has 0 aliphatic rings. The quantitative estimate of drug-likeness (QED) is 0.369. The van der Waals surface area contributed by atoms with Gasteiger partial charge in [0.2, 0.25) is 0 Å². The summed E-state index contributed by atoms with van der Waals surface area (Å²) in [4.78, 5) is 4.18. The molecule has 3 aromatic rings. The van der Waals surface area contributed by atoms with Crippen LogP contribution >= 0.6 is 0 Å². The molecule has 2 aromatic carbocycles. The third-order valence-electron chi connectivity index (χ3n) is 4.74. The average Bonchev–Trinajstić information content (AvgIpc) is 2.71. The number of pyridine rings is 1. The molecule has 0 saturated carbocycles. The van der Waals surface area contributed by atoms with E-state index in [0.717, 1.165) is 16.8 Å². The number of hydrogen-bond acceptors (Lipinski definition) is 6. The van der Waals surface area contributed by atoms with Gasteiger partial charge in [-0.25, -0.2) is 9.37 Å². The SMILES string of the molecule is CNc1c(C)cnc(N)c1C(=N)c1ccc(N)c(OC(C)c2ccc(F)cc2)c1. The van der Waals surface area contributed by atoms with Crippen LogP contribution in [0.4, 0.5) is 21.6 Å². The summed E-state index contributed by atoms with van der Waals surface area (Å²) in [6.45, 7) is 3.75. The Balaban J connectivity index is 1.94. The summed E-state index contributed by atoms with van der Waals surface area (Å²) in [6.07, 6.45) is 1.32. The molecule has 0 aliphatic carbocycles. The average molecular weight is 393 g/mol. The minimum atomic E-state index is -0.346. The molecule has 0 fully saturated rings. The van der Waals surface area contributed by atoms with E-state index in [4.69, 9.17) is 21.6 Å². The molecule has 150 valence electrons. The summed E-state index contributed by atoms with van der Waals surface area (Å²) in [5.74, 6) is 0.402. The molecular weight excluding hydrogens is 369 g/mol. The van der Waals surface area contributed by atoms with Crippen LogP contribution in [0, 0.1) is 18.2 Å². The number of nitrogen functional groups attached to an aromatic ring is 2. The predicted molar refractivity (Wildman–Crippen MR) is 115 cm³/mol. The second-order valence-electron chi connectivity index (χ2n) is 6.77. The maximum Gasteiger partial charge on any atom is 0.143 e. The van der Waals surface area contributed by atoms with Crippen LogP contribution in [0.1, 0.15) is 35.3 Å². The number of benzene rings is 2.